The molecule has 1 amide bonds. The normalized spacial score (nSPS) is 20.1. The maximum Gasteiger partial charge on any atom is 0.222 e. The van der Waals surface area contributed by atoms with E-state index in [1.807, 2.05) is 11.9 Å². The number of likely N-dealkylation sites (tertiary alicyclic amines) is 1. The third-order valence-electron chi connectivity index (χ3n) is 2.94. The molecule has 0 aromatic heterocycles. The Balaban J connectivity index is 0.00000196. The van der Waals surface area contributed by atoms with Gasteiger partial charge in [0, 0.05) is 25.6 Å². The van der Waals surface area contributed by atoms with E-state index in [4.69, 9.17) is 0 Å². The van der Waals surface area contributed by atoms with Crippen LogP contribution in [0.15, 0.2) is 0 Å². The Hall–Kier alpha value is -0.280. The highest BCUT2D eigenvalue weighted by Gasteiger charge is 2.24. The molecule has 4 heteroatoms. The molecule has 0 saturated carbocycles. The molecule has 0 bridgehead atoms. The minimum absolute atomic E-state index is 0. The summed E-state index contributed by atoms with van der Waals surface area (Å²) in [5.41, 5.74) is 0. The van der Waals surface area contributed by atoms with E-state index in [1.54, 1.807) is 0 Å². The second kappa shape index (κ2) is 7.94. The molecule has 0 aromatic rings. The Kier molecular flexibility index (Phi) is 7.79. The molecule has 0 spiro atoms. The molecule has 0 unspecified atom stereocenters. The van der Waals surface area contributed by atoms with E-state index in [9.17, 15) is 4.79 Å². The summed E-state index contributed by atoms with van der Waals surface area (Å²) in [6.07, 6.45) is 5.26. The number of nitrogens with one attached hydrogen (secondary N) is 1. The van der Waals surface area contributed by atoms with Crippen molar-refractivity contribution in [3.05, 3.63) is 0 Å². The van der Waals surface area contributed by atoms with Crippen LogP contribution in [0.2, 0.25) is 0 Å². The van der Waals surface area contributed by atoms with Crippen LogP contribution < -0.4 is 5.32 Å². The van der Waals surface area contributed by atoms with Gasteiger partial charge in [0.15, 0.2) is 0 Å². The molecule has 90 valence electrons. The van der Waals surface area contributed by atoms with Crippen LogP contribution in [0.4, 0.5) is 0 Å². The molecule has 1 heterocycles. The second-order valence-electron chi connectivity index (χ2n) is 4.07. The molecule has 1 aliphatic heterocycles. The maximum absolute atomic E-state index is 11.7. The summed E-state index contributed by atoms with van der Waals surface area (Å²) in [6.45, 7) is 4.01. The number of carbonyl (C=O) groups is 1. The topological polar surface area (TPSA) is 32.3 Å². The summed E-state index contributed by atoms with van der Waals surface area (Å²) < 4.78 is 0. The highest BCUT2D eigenvalue weighted by Crippen LogP contribution is 2.11. The summed E-state index contributed by atoms with van der Waals surface area (Å²) in [6, 6.07) is 0.519. The van der Waals surface area contributed by atoms with Crippen molar-refractivity contribution in [2.45, 2.75) is 45.1 Å². The van der Waals surface area contributed by atoms with E-state index in [-0.39, 0.29) is 12.4 Å². The molecule has 1 aliphatic rings. The zero-order valence-electron chi connectivity index (χ0n) is 9.79. The molecule has 1 N–H and O–H groups in total. The summed E-state index contributed by atoms with van der Waals surface area (Å²) >= 11 is 0. The molecule has 0 aromatic carbocycles. The standard InChI is InChI=1S/C11H22N2O.ClH/c1-3-4-5-6-11(14)13-8-7-10(9-13)12-2;/h10,12H,3-9H2,1-2H3;1H/t10-;/m0./s1. The zero-order chi connectivity index (χ0) is 10.4. The quantitative estimate of drug-likeness (QED) is 0.736. The van der Waals surface area contributed by atoms with Gasteiger partial charge in [-0.05, 0) is 19.9 Å². The van der Waals surface area contributed by atoms with Crippen LogP contribution in [0, 0.1) is 0 Å². The summed E-state index contributed by atoms with van der Waals surface area (Å²) in [5.74, 6) is 0.344. The smallest absolute Gasteiger partial charge is 0.222 e. The summed E-state index contributed by atoms with van der Waals surface area (Å²) in [4.78, 5) is 13.7. The number of unbranched alkanes of at least 4 members (excludes halogenated alkanes) is 2. The Morgan fingerprint density at radius 3 is 2.73 bits per heavy atom. The fourth-order valence-corrected chi connectivity index (χ4v) is 1.91. The highest BCUT2D eigenvalue weighted by atomic mass is 35.5. The number of rotatable bonds is 5. The highest BCUT2D eigenvalue weighted by molar-refractivity contribution is 5.85. The second-order valence-corrected chi connectivity index (χ2v) is 4.07. The minimum atomic E-state index is 0. The average molecular weight is 235 g/mol. The zero-order valence-corrected chi connectivity index (χ0v) is 10.6. The van der Waals surface area contributed by atoms with Gasteiger partial charge in [0.2, 0.25) is 5.91 Å². The van der Waals surface area contributed by atoms with Crippen LogP contribution >= 0.6 is 12.4 Å². The number of likely N-dealkylation sites (N-methyl/N-ethyl adjacent to an activating group) is 1. The molecule has 15 heavy (non-hydrogen) atoms. The van der Waals surface area contributed by atoms with Crippen LogP contribution in [0.5, 0.6) is 0 Å². The Bertz CT molecular complexity index is 187. The number of amides is 1. The Labute approximate surface area is 99.0 Å². The van der Waals surface area contributed by atoms with E-state index in [2.05, 4.69) is 12.2 Å². The van der Waals surface area contributed by atoms with E-state index in [0.717, 1.165) is 32.4 Å². The maximum atomic E-state index is 11.7. The molecule has 1 fully saturated rings. The lowest BCUT2D eigenvalue weighted by Gasteiger charge is -2.16. The van der Waals surface area contributed by atoms with Gasteiger partial charge in [0.1, 0.15) is 0 Å². The minimum Gasteiger partial charge on any atom is -0.341 e. The Morgan fingerprint density at radius 2 is 2.20 bits per heavy atom. The lowest BCUT2D eigenvalue weighted by Crippen LogP contribution is -2.33. The number of hydrogen-bond acceptors (Lipinski definition) is 2. The molecule has 1 atom stereocenters. The third-order valence-corrected chi connectivity index (χ3v) is 2.94. The number of hydrogen-bond donors (Lipinski definition) is 1. The lowest BCUT2D eigenvalue weighted by molar-refractivity contribution is -0.130. The first-order valence-corrected chi connectivity index (χ1v) is 5.73. The van der Waals surface area contributed by atoms with Gasteiger partial charge in [-0.2, -0.15) is 0 Å². The molecule has 3 nitrogen and oxygen atoms in total. The van der Waals surface area contributed by atoms with E-state index in [0.29, 0.717) is 11.9 Å². The Morgan fingerprint density at radius 1 is 1.47 bits per heavy atom. The largest absolute Gasteiger partial charge is 0.341 e. The fraction of sp³-hybridized carbons (Fsp3) is 0.909. The van der Waals surface area contributed by atoms with Crippen molar-refractivity contribution < 1.29 is 4.79 Å². The van der Waals surface area contributed by atoms with Gasteiger partial charge in [0.25, 0.3) is 0 Å². The first-order chi connectivity index (χ1) is 6.77. The van der Waals surface area contributed by atoms with Gasteiger partial charge in [-0.3, -0.25) is 4.79 Å². The summed E-state index contributed by atoms with van der Waals surface area (Å²) in [5, 5.41) is 3.22. The average Bonchev–Trinajstić information content (AvgIpc) is 2.66. The van der Waals surface area contributed by atoms with Crippen molar-refractivity contribution in [3.8, 4) is 0 Å². The number of carbonyl (C=O) groups excluding carboxylic acids is 1. The van der Waals surface area contributed by atoms with Gasteiger partial charge in [0.05, 0.1) is 0 Å². The van der Waals surface area contributed by atoms with Gasteiger partial charge in [-0.15, -0.1) is 12.4 Å². The molecule has 1 rings (SSSR count). The summed E-state index contributed by atoms with van der Waals surface area (Å²) in [7, 11) is 1.97. The van der Waals surface area contributed by atoms with Gasteiger partial charge in [-0.1, -0.05) is 19.8 Å². The molecular weight excluding hydrogens is 212 g/mol. The molecule has 1 saturated heterocycles. The predicted octanol–water partition coefficient (Wildman–Crippen LogP) is 1.81. The monoisotopic (exact) mass is 234 g/mol. The van der Waals surface area contributed by atoms with Crippen molar-refractivity contribution in [3.63, 3.8) is 0 Å². The van der Waals surface area contributed by atoms with Crippen LogP contribution in [-0.4, -0.2) is 37.0 Å². The lowest BCUT2D eigenvalue weighted by atomic mass is 10.2. The predicted molar refractivity (Wildman–Crippen MR) is 65.4 cm³/mol. The van der Waals surface area contributed by atoms with E-state index >= 15 is 0 Å². The van der Waals surface area contributed by atoms with Crippen LogP contribution in [0.25, 0.3) is 0 Å². The van der Waals surface area contributed by atoms with E-state index < -0.39 is 0 Å². The molecular formula is C11H23ClN2O. The van der Waals surface area contributed by atoms with Crippen molar-refractivity contribution in [2.24, 2.45) is 0 Å². The SMILES string of the molecule is CCCCCC(=O)N1CC[C@H](NC)C1.Cl. The number of halogens is 1. The van der Waals surface area contributed by atoms with Crippen LogP contribution in [-0.2, 0) is 4.79 Å². The van der Waals surface area contributed by atoms with Gasteiger partial charge < -0.3 is 10.2 Å². The number of nitrogens with zero attached hydrogens (tertiary/aromatic N) is 1. The molecule has 0 aliphatic carbocycles. The molecule has 0 radical (unpaired) electrons. The van der Waals surface area contributed by atoms with Crippen molar-refractivity contribution >= 4 is 18.3 Å². The van der Waals surface area contributed by atoms with E-state index in [1.165, 1.54) is 12.8 Å². The van der Waals surface area contributed by atoms with Crippen LogP contribution in [0.3, 0.4) is 0 Å². The first-order valence-electron chi connectivity index (χ1n) is 5.73. The van der Waals surface area contributed by atoms with Gasteiger partial charge >= 0.3 is 0 Å². The van der Waals surface area contributed by atoms with Crippen molar-refractivity contribution in [1.29, 1.82) is 0 Å². The van der Waals surface area contributed by atoms with Crippen molar-refractivity contribution in [2.75, 3.05) is 20.1 Å². The van der Waals surface area contributed by atoms with Gasteiger partial charge in [-0.25, -0.2) is 0 Å². The first kappa shape index (κ1) is 14.7. The fourth-order valence-electron chi connectivity index (χ4n) is 1.91. The van der Waals surface area contributed by atoms with Crippen LogP contribution in [0.1, 0.15) is 39.0 Å². The third kappa shape index (κ3) is 4.85. The van der Waals surface area contributed by atoms with Crippen molar-refractivity contribution in [1.82, 2.24) is 10.2 Å².